The van der Waals surface area contributed by atoms with Gasteiger partial charge in [0.25, 0.3) is 0 Å². The van der Waals surface area contributed by atoms with Crippen LogP contribution in [0.25, 0.3) is 6.08 Å². The minimum absolute atomic E-state index is 0.00983. The SMILES string of the molecule is NCC(=O)/C=C/c1ccccc1O. The maximum Gasteiger partial charge on any atom is 0.169 e. The first-order valence-corrected chi connectivity index (χ1v) is 3.93. The molecule has 0 radical (unpaired) electrons. The summed E-state index contributed by atoms with van der Waals surface area (Å²) in [5.74, 6) is -0.00757. The predicted molar refractivity (Wildman–Crippen MR) is 51.2 cm³/mol. The number of hydrogen-bond acceptors (Lipinski definition) is 3. The molecule has 0 fully saturated rings. The van der Waals surface area contributed by atoms with Crippen molar-refractivity contribution in [2.75, 3.05) is 6.54 Å². The van der Waals surface area contributed by atoms with Crippen LogP contribution in [0.2, 0.25) is 0 Å². The number of hydrogen-bond donors (Lipinski definition) is 2. The van der Waals surface area contributed by atoms with Gasteiger partial charge in [0.2, 0.25) is 0 Å². The number of nitrogens with two attached hydrogens (primary N) is 1. The van der Waals surface area contributed by atoms with Gasteiger partial charge in [-0.05, 0) is 18.2 Å². The molecular formula is C10H11NO2. The van der Waals surface area contributed by atoms with Crippen molar-refractivity contribution in [1.29, 1.82) is 0 Å². The van der Waals surface area contributed by atoms with E-state index in [2.05, 4.69) is 0 Å². The van der Waals surface area contributed by atoms with Crippen molar-refractivity contribution < 1.29 is 9.90 Å². The van der Waals surface area contributed by atoms with E-state index in [-0.39, 0.29) is 18.1 Å². The molecule has 0 spiro atoms. The fraction of sp³-hybridized carbons (Fsp3) is 0.100. The molecule has 0 bridgehead atoms. The van der Waals surface area contributed by atoms with Crippen LogP contribution in [0, 0.1) is 0 Å². The predicted octanol–water partition coefficient (Wildman–Crippen LogP) is 0.933. The number of ketones is 1. The molecule has 0 saturated carbocycles. The van der Waals surface area contributed by atoms with E-state index < -0.39 is 0 Å². The van der Waals surface area contributed by atoms with E-state index in [9.17, 15) is 9.90 Å². The Balaban J connectivity index is 2.80. The van der Waals surface area contributed by atoms with Gasteiger partial charge in [-0.1, -0.05) is 18.2 Å². The van der Waals surface area contributed by atoms with E-state index in [1.807, 2.05) is 0 Å². The number of benzene rings is 1. The summed E-state index contributed by atoms with van der Waals surface area (Å²) in [7, 11) is 0. The lowest BCUT2D eigenvalue weighted by molar-refractivity contribution is -0.113. The van der Waals surface area contributed by atoms with Crippen LogP contribution in [-0.4, -0.2) is 17.4 Å². The van der Waals surface area contributed by atoms with Crippen LogP contribution in [0.4, 0.5) is 0 Å². The summed E-state index contributed by atoms with van der Waals surface area (Å²) in [5, 5.41) is 9.30. The smallest absolute Gasteiger partial charge is 0.169 e. The summed E-state index contributed by atoms with van der Waals surface area (Å²) in [4.78, 5) is 10.8. The van der Waals surface area contributed by atoms with E-state index in [0.717, 1.165) is 0 Å². The lowest BCUT2D eigenvalue weighted by Crippen LogP contribution is -2.09. The van der Waals surface area contributed by atoms with Gasteiger partial charge in [0.15, 0.2) is 5.78 Å². The molecule has 0 saturated heterocycles. The Hall–Kier alpha value is -1.61. The monoisotopic (exact) mass is 177 g/mol. The average molecular weight is 177 g/mol. The number of carbonyl (C=O) groups is 1. The van der Waals surface area contributed by atoms with Crippen LogP contribution < -0.4 is 5.73 Å². The summed E-state index contributed by atoms with van der Waals surface area (Å²) < 4.78 is 0. The molecular weight excluding hydrogens is 166 g/mol. The molecule has 0 aromatic heterocycles. The lowest BCUT2D eigenvalue weighted by atomic mass is 10.2. The first-order valence-electron chi connectivity index (χ1n) is 3.93. The van der Waals surface area contributed by atoms with Crippen LogP contribution in [0.15, 0.2) is 30.3 Å². The summed E-state index contributed by atoms with van der Waals surface area (Å²) in [6, 6.07) is 6.78. The van der Waals surface area contributed by atoms with Gasteiger partial charge in [0, 0.05) is 5.56 Å². The molecule has 0 aliphatic heterocycles. The Labute approximate surface area is 76.5 Å². The highest BCUT2D eigenvalue weighted by atomic mass is 16.3. The van der Waals surface area contributed by atoms with Crippen molar-refractivity contribution in [3.63, 3.8) is 0 Å². The molecule has 0 amide bonds. The molecule has 1 rings (SSSR count). The third kappa shape index (κ3) is 2.72. The summed E-state index contributed by atoms with van der Waals surface area (Å²) in [6.07, 6.45) is 2.90. The van der Waals surface area contributed by atoms with Crippen molar-refractivity contribution >= 4 is 11.9 Å². The van der Waals surface area contributed by atoms with Crippen molar-refractivity contribution in [2.24, 2.45) is 5.73 Å². The Bertz CT molecular complexity index is 331. The zero-order valence-electron chi connectivity index (χ0n) is 7.10. The zero-order chi connectivity index (χ0) is 9.68. The van der Waals surface area contributed by atoms with E-state index in [1.165, 1.54) is 6.08 Å². The van der Waals surface area contributed by atoms with E-state index >= 15 is 0 Å². The van der Waals surface area contributed by atoms with Gasteiger partial charge in [-0.25, -0.2) is 0 Å². The summed E-state index contributed by atoms with van der Waals surface area (Å²) >= 11 is 0. The fourth-order valence-electron chi connectivity index (χ4n) is 0.879. The molecule has 0 aliphatic carbocycles. The van der Waals surface area contributed by atoms with Crippen LogP contribution in [0.1, 0.15) is 5.56 Å². The van der Waals surface area contributed by atoms with Gasteiger partial charge in [0.1, 0.15) is 5.75 Å². The number of phenolic OH excluding ortho intramolecular Hbond substituents is 1. The number of rotatable bonds is 3. The molecule has 1 aromatic carbocycles. The van der Waals surface area contributed by atoms with Crippen molar-refractivity contribution in [3.8, 4) is 5.75 Å². The third-order valence-electron chi connectivity index (χ3n) is 1.59. The van der Waals surface area contributed by atoms with Gasteiger partial charge in [-0.2, -0.15) is 0 Å². The normalized spacial score (nSPS) is 10.5. The van der Waals surface area contributed by atoms with Gasteiger partial charge < -0.3 is 10.8 Å². The fourth-order valence-corrected chi connectivity index (χ4v) is 0.879. The quantitative estimate of drug-likeness (QED) is 0.675. The minimum Gasteiger partial charge on any atom is -0.507 e. The number of phenols is 1. The Morgan fingerprint density at radius 2 is 2.15 bits per heavy atom. The second kappa shape index (κ2) is 4.42. The number of para-hydroxylation sites is 1. The maximum absolute atomic E-state index is 10.8. The van der Waals surface area contributed by atoms with E-state index in [4.69, 9.17) is 5.73 Å². The molecule has 0 unspecified atom stereocenters. The Kier molecular flexibility index (Phi) is 3.23. The first kappa shape index (κ1) is 9.48. The van der Waals surface area contributed by atoms with Gasteiger partial charge in [-0.3, -0.25) is 4.79 Å². The number of carbonyl (C=O) groups excluding carboxylic acids is 1. The van der Waals surface area contributed by atoms with Crippen molar-refractivity contribution in [3.05, 3.63) is 35.9 Å². The minimum atomic E-state index is -0.164. The number of aromatic hydroxyl groups is 1. The molecule has 0 atom stereocenters. The van der Waals surface area contributed by atoms with Crippen molar-refractivity contribution in [1.82, 2.24) is 0 Å². The molecule has 3 heteroatoms. The van der Waals surface area contributed by atoms with Crippen LogP contribution in [0.5, 0.6) is 5.75 Å². The molecule has 13 heavy (non-hydrogen) atoms. The molecule has 68 valence electrons. The van der Waals surface area contributed by atoms with Crippen LogP contribution in [0.3, 0.4) is 0 Å². The highest BCUT2D eigenvalue weighted by Gasteiger charge is 1.95. The third-order valence-corrected chi connectivity index (χ3v) is 1.59. The topological polar surface area (TPSA) is 63.3 Å². The molecule has 0 heterocycles. The maximum atomic E-state index is 10.8. The van der Waals surface area contributed by atoms with Crippen molar-refractivity contribution in [2.45, 2.75) is 0 Å². The van der Waals surface area contributed by atoms with Crippen LogP contribution in [-0.2, 0) is 4.79 Å². The van der Waals surface area contributed by atoms with Gasteiger partial charge >= 0.3 is 0 Å². The second-order valence-electron chi connectivity index (χ2n) is 2.56. The standard InChI is InChI=1S/C10H11NO2/c11-7-9(12)6-5-8-3-1-2-4-10(8)13/h1-6,13H,7,11H2/b6-5+. The van der Waals surface area contributed by atoms with Gasteiger partial charge in [-0.15, -0.1) is 0 Å². The summed E-state index contributed by atoms with van der Waals surface area (Å²) in [5.41, 5.74) is 5.73. The van der Waals surface area contributed by atoms with E-state index in [0.29, 0.717) is 5.56 Å². The highest BCUT2D eigenvalue weighted by Crippen LogP contribution is 2.16. The lowest BCUT2D eigenvalue weighted by Gasteiger charge is -1.96. The van der Waals surface area contributed by atoms with Gasteiger partial charge in [0.05, 0.1) is 6.54 Å². The zero-order valence-corrected chi connectivity index (χ0v) is 7.10. The molecule has 0 aliphatic rings. The molecule has 3 N–H and O–H groups in total. The molecule has 1 aromatic rings. The largest absolute Gasteiger partial charge is 0.507 e. The van der Waals surface area contributed by atoms with E-state index in [1.54, 1.807) is 30.3 Å². The Morgan fingerprint density at radius 1 is 1.46 bits per heavy atom. The molecule has 3 nitrogen and oxygen atoms in total. The summed E-state index contributed by atoms with van der Waals surface area (Å²) in [6.45, 7) is -0.00983. The highest BCUT2D eigenvalue weighted by molar-refractivity contribution is 5.95. The first-order chi connectivity index (χ1) is 6.24. The second-order valence-corrected chi connectivity index (χ2v) is 2.56. The Morgan fingerprint density at radius 3 is 2.77 bits per heavy atom. The van der Waals surface area contributed by atoms with Crippen LogP contribution >= 0.6 is 0 Å². The average Bonchev–Trinajstić information content (AvgIpc) is 2.16.